The molecule has 4 aromatic rings. The van der Waals surface area contributed by atoms with Crippen molar-refractivity contribution < 1.29 is 37.3 Å². The molecule has 0 bridgehead atoms. The van der Waals surface area contributed by atoms with Gasteiger partial charge in [-0.2, -0.15) is 18.3 Å². The lowest BCUT2D eigenvalue weighted by Crippen LogP contribution is -2.53. The molecule has 4 N–H and O–H groups in total. The molecule has 1 heterocycles. The molecule has 4 rings (SSSR count). The van der Waals surface area contributed by atoms with Crippen LogP contribution in [0.5, 0.6) is 5.75 Å². The summed E-state index contributed by atoms with van der Waals surface area (Å²) < 4.78 is 64.4. The molecule has 0 aliphatic heterocycles. The van der Waals surface area contributed by atoms with Crippen LogP contribution in [0.4, 0.5) is 23.2 Å². The molecule has 0 aliphatic carbocycles. The average molecular weight is 617 g/mol. The van der Waals surface area contributed by atoms with Gasteiger partial charge in [0.15, 0.2) is 5.60 Å². The Labute approximate surface area is 252 Å². The van der Waals surface area contributed by atoms with E-state index in [0.717, 1.165) is 12.1 Å². The molecule has 3 aromatic carbocycles. The van der Waals surface area contributed by atoms with E-state index in [9.17, 15) is 32.6 Å². The van der Waals surface area contributed by atoms with E-state index in [2.05, 4.69) is 15.7 Å². The number of benzene rings is 3. The SMILES string of the molecule is COc1ccc(F)cc1C(C)(C)CC(O)(CNc1cc(C)cc2c1cnn2-c1cccc(C(=O)NCC(C)O)c1)C(F)(F)F. The molecular formula is C32H36F4N4O4. The fourth-order valence-electron chi connectivity index (χ4n) is 5.28. The smallest absolute Gasteiger partial charge is 0.418 e. The van der Waals surface area contributed by atoms with Gasteiger partial charge in [-0.3, -0.25) is 4.79 Å². The summed E-state index contributed by atoms with van der Waals surface area (Å²) in [6.07, 6.45) is -5.03. The van der Waals surface area contributed by atoms with Gasteiger partial charge in [-0.15, -0.1) is 0 Å². The topological polar surface area (TPSA) is 109 Å². The first kappa shape index (κ1) is 32.7. The van der Waals surface area contributed by atoms with Crippen LogP contribution in [0.3, 0.4) is 0 Å². The molecule has 12 heteroatoms. The number of ether oxygens (including phenoxy) is 1. The largest absolute Gasteiger partial charge is 0.496 e. The van der Waals surface area contributed by atoms with E-state index < -0.39 is 42.1 Å². The number of carbonyl (C=O) groups excluding carboxylic acids is 1. The number of aryl methyl sites for hydroxylation is 1. The lowest BCUT2D eigenvalue weighted by atomic mass is 9.74. The molecule has 2 unspecified atom stereocenters. The number of aliphatic hydroxyl groups is 2. The predicted octanol–water partition coefficient (Wildman–Crippen LogP) is 5.67. The van der Waals surface area contributed by atoms with Crippen LogP contribution < -0.4 is 15.4 Å². The van der Waals surface area contributed by atoms with E-state index in [1.54, 1.807) is 48.9 Å². The van der Waals surface area contributed by atoms with Crippen molar-refractivity contribution in [3.63, 3.8) is 0 Å². The summed E-state index contributed by atoms with van der Waals surface area (Å²) in [5.74, 6) is -0.799. The minimum Gasteiger partial charge on any atom is -0.496 e. The lowest BCUT2D eigenvalue weighted by molar-refractivity contribution is -0.260. The van der Waals surface area contributed by atoms with Gasteiger partial charge in [0, 0.05) is 28.7 Å². The van der Waals surface area contributed by atoms with Crippen molar-refractivity contribution in [2.75, 3.05) is 25.5 Å². The first-order valence-corrected chi connectivity index (χ1v) is 14.0. The first-order chi connectivity index (χ1) is 20.5. The number of aromatic nitrogens is 2. The third kappa shape index (κ3) is 6.97. The van der Waals surface area contributed by atoms with Gasteiger partial charge in [-0.05, 0) is 79.8 Å². The highest BCUT2D eigenvalue weighted by Crippen LogP contribution is 2.44. The molecule has 8 nitrogen and oxygen atoms in total. The maximum atomic E-state index is 14.5. The van der Waals surface area contributed by atoms with Crippen molar-refractivity contribution >= 4 is 22.5 Å². The lowest BCUT2D eigenvalue weighted by Gasteiger charge is -2.38. The summed E-state index contributed by atoms with van der Waals surface area (Å²) in [5.41, 5.74) is -1.86. The molecule has 44 heavy (non-hydrogen) atoms. The molecule has 0 saturated heterocycles. The second kappa shape index (κ2) is 12.4. The van der Waals surface area contributed by atoms with E-state index in [0.29, 0.717) is 33.4 Å². The van der Waals surface area contributed by atoms with Gasteiger partial charge < -0.3 is 25.6 Å². The highest BCUT2D eigenvalue weighted by Gasteiger charge is 2.56. The molecule has 1 aromatic heterocycles. The van der Waals surface area contributed by atoms with Gasteiger partial charge in [0.1, 0.15) is 11.6 Å². The molecule has 1 amide bonds. The minimum atomic E-state index is -5.03. The number of aliphatic hydroxyl groups excluding tert-OH is 1. The molecular weight excluding hydrogens is 580 g/mol. The van der Waals surface area contributed by atoms with Crippen molar-refractivity contribution in [2.24, 2.45) is 0 Å². The van der Waals surface area contributed by atoms with E-state index in [-0.39, 0.29) is 23.8 Å². The third-order valence-electron chi connectivity index (χ3n) is 7.47. The Kier molecular flexibility index (Phi) is 9.26. The zero-order valence-electron chi connectivity index (χ0n) is 25.1. The van der Waals surface area contributed by atoms with Crippen molar-refractivity contribution in [3.8, 4) is 11.4 Å². The quantitative estimate of drug-likeness (QED) is 0.162. The molecule has 0 saturated carbocycles. The van der Waals surface area contributed by atoms with Crippen LogP contribution in [0.1, 0.15) is 48.7 Å². The van der Waals surface area contributed by atoms with E-state index in [1.165, 1.54) is 33.2 Å². The van der Waals surface area contributed by atoms with Crippen LogP contribution in [0.15, 0.2) is 60.8 Å². The second-order valence-electron chi connectivity index (χ2n) is 11.7. The number of hydrogen-bond acceptors (Lipinski definition) is 6. The van der Waals surface area contributed by atoms with Crippen LogP contribution in [0.2, 0.25) is 0 Å². The highest BCUT2D eigenvalue weighted by atomic mass is 19.4. The van der Waals surface area contributed by atoms with Gasteiger partial charge >= 0.3 is 6.18 Å². The molecule has 2 atom stereocenters. The number of halogens is 4. The number of amides is 1. The summed E-state index contributed by atoms with van der Waals surface area (Å²) in [5, 5.41) is 31.0. The fourth-order valence-corrected chi connectivity index (χ4v) is 5.28. The molecule has 0 aliphatic rings. The number of nitrogens with one attached hydrogen (secondary N) is 2. The summed E-state index contributed by atoms with van der Waals surface area (Å²) in [7, 11) is 1.34. The Balaban J connectivity index is 1.65. The monoisotopic (exact) mass is 616 g/mol. The summed E-state index contributed by atoms with van der Waals surface area (Å²) in [6.45, 7) is 5.51. The molecule has 0 radical (unpaired) electrons. The van der Waals surface area contributed by atoms with Crippen molar-refractivity contribution in [2.45, 2.75) is 57.4 Å². The van der Waals surface area contributed by atoms with Crippen LogP contribution in [-0.2, 0) is 5.41 Å². The van der Waals surface area contributed by atoms with Gasteiger partial charge in [-0.25, -0.2) is 9.07 Å². The number of methoxy groups -OCH3 is 1. The number of carbonyl (C=O) groups is 1. The van der Waals surface area contributed by atoms with Gasteiger partial charge in [0.2, 0.25) is 0 Å². The van der Waals surface area contributed by atoms with E-state index in [4.69, 9.17) is 4.74 Å². The number of alkyl halides is 3. The summed E-state index contributed by atoms with van der Waals surface area (Å²) >= 11 is 0. The molecule has 0 spiro atoms. The zero-order valence-corrected chi connectivity index (χ0v) is 25.1. The first-order valence-electron chi connectivity index (χ1n) is 14.0. The highest BCUT2D eigenvalue weighted by molar-refractivity contribution is 5.96. The standard InChI is InChI=1S/C32H36F4N4O4/c1-19-11-26(24-16-39-40(27(24)12-19)23-8-6-7-21(13-23)29(42)37-15-20(2)41)38-18-31(43,32(34,35)36)17-30(3,4)25-14-22(33)9-10-28(25)44-5/h6-14,16,20,38,41,43H,15,17-18H2,1-5H3,(H,37,42). The van der Waals surface area contributed by atoms with Crippen molar-refractivity contribution in [1.29, 1.82) is 0 Å². The number of fused-ring (bicyclic) bond motifs is 1. The zero-order chi connectivity index (χ0) is 32.4. The maximum Gasteiger partial charge on any atom is 0.418 e. The number of nitrogens with zero attached hydrogens (tertiary/aromatic N) is 2. The minimum absolute atomic E-state index is 0.0826. The fraction of sp³-hybridized carbons (Fsp3) is 0.375. The Morgan fingerprint density at radius 2 is 1.84 bits per heavy atom. The predicted molar refractivity (Wildman–Crippen MR) is 160 cm³/mol. The van der Waals surface area contributed by atoms with Gasteiger partial charge in [0.05, 0.1) is 37.2 Å². The van der Waals surface area contributed by atoms with Crippen LogP contribution in [0, 0.1) is 12.7 Å². The Morgan fingerprint density at radius 1 is 1.11 bits per heavy atom. The van der Waals surface area contributed by atoms with Crippen LogP contribution >= 0.6 is 0 Å². The van der Waals surface area contributed by atoms with Gasteiger partial charge in [-0.1, -0.05) is 19.9 Å². The summed E-state index contributed by atoms with van der Waals surface area (Å²) in [6, 6.07) is 13.7. The third-order valence-corrected chi connectivity index (χ3v) is 7.47. The average Bonchev–Trinajstić information content (AvgIpc) is 3.37. The maximum absolute atomic E-state index is 14.5. The Bertz CT molecular complexity index is 1650. The molecule has 0 fully saturated rings. The number of hydrogen-bond donors (Lipinski definition) is 4. The van der Waals surface area contributed by atoms with E-state index in [1.807, 2.05) is 6.07 Å². The second-order valence-corrected chi connectivity index (χ2v) is 11.7. The summed E-state index contributed by atoms with van der Waals surface area (Å²) in [4.78, 5) is 12.5. The number of rotatable bonds is 11. The van der Waals surface area contributed by atoms with Crippen LogP contribution in [0.25, 0.3) is 16.6 Å². The number of anilines is 1. The van der Waals surface area contributed by atoms with Crippen molar-refractivity contribution in [3.05, 3.63) is 83.3 Å². The van der Waals surface area contributed by atoms with Crippen molar-refractivity contribution in [1.82, 2.24) is 15.1 Å². The van der Waals surface area contributed by atoms with Crippen LogP contribution in [-0.4, -0.2) is 64.0 Å². The molecule has 236 valence electrons. The van der Waals surface area contributed by atoms with Gasteiger partial charge in [0.25, 0.3) is 5.91 Å². The Morgan fingerprint density at radius 3 is 2.50 bits per heavy atom. The Hall–Kier alpha value is -4.16. The normalized spacial score (nSPS) is 14.2. The van der Waals surface area contributed by atoms with E-state index >= 15 is 0 Å².